The Labute approximate surface area is 349 Å². The van der Waals surface area contributed by atoms with Gasteiger partial charge < -0.3 is 41.9 Å². The van der Waals surface area contributed by atoms with E-state index in [4.69, 9.17) is 41.9 Å². The minimum atomic E-state index is -3.67. The molecule has 0 saturated heterocycles. The highest BCUT2D eigenvalue weighted by atomic mass is 32.2. The van der Waals surface area contributed by atoms with Crippen LogP contribution in [0.5, 0.6) is 46.0 Å². The molecule has 0 aromatic heterocycles. The lowest BCUT2D eigenvalue weighted by molar-refractivity contribution is 0.481. The van der Waals surface area contributed by atoms with E-state index in [0.29, 0.717) is 45.7 Å². The topological polar surface area (TPSA) is 175 Å². The van der Waals surface area contributed by atoms with Crippen molar-refractivity contribution in [2.24, 2.45) is 0 Å². The fraction of sp³-hybridized carbons (Fsp3) is 0.0204. The summed E-state index contributed by atoms with van der Waals surface area (Å²) in [5, 5.41) is 0. The molecule has 0 fully saturated rings. The van der Waals surface area contributed by atoms with Gasteiger partial charge in [0.05, 0.1) is 9.79 Å². The Kier molecular flexibility index (Phi) is 12.5. The minimum absolute atomic E-state index is 0.171. The van der Waals surface area contributed by atoms with Crippen LogP contribution in [0.4, 0.5) is 22.7 Å². The molecule has 0 radical (unpaired) electrons. The molecule has 8 rings (SSSR count). The van der Waals surface area contributed by atoms with Gasteiger partial charge in [-0.15, -0.1) is 0 Å². The minimum Gasteiger partial charge on any atom is -0.457 e. The molecule has 0 aliphatic heterocycles. The number of sulfone groups is 1. The van der Waals surface area contributed by atoms with Crippen LogP contribution in [0.2, 0.25) is 0 Å². The van der Waals surface area contributed by atoms with Crippen LogP contribution in [0.1, 0.15) is 11.1 Å². The zero-order chi connectivity index (χ0) is 41.9. The lowest BCUT2D eigenvalue weighted by Gasteiger charge is -2.10. The average molecular weight is 815 g/mol. The molecule has 0 saturated carbocycles. The number of nitrogens with two attached hydrogens (primary N) is 4. The normalized spacial score (nSPS) is 10.8. The summed E-state index contributed by atoms with van der Waals surface area (Å²) >= 11 is 0. The van der Waals surface area contributed by atoms with E-state index in [1.54, 1.807) is 72.8 Å². The van der Waals surface area contributed by atoms with Gasteiger partial charge in [-0.3, -0.25) is 0 Å². The first-order valence-electron chi connectivity index (χ1n) is 18.8. The standard InChI is InChI=1S/C25H22N2O2.C24H20N2O4S/c26-20-7-3-11-24(16-20)28-22-9-1-5-18(14-22)13-19-6-2-10-23(15-19)29-25-12-4-8-21(27)17-25;25-17-1-5-19(6-2-17)29-21-9-13-23(14-10-21)31(27,28)24-15-11-22(12-16-24)30-20-7-3-18(26)4-8-20/h1-12,14-17H,13,26-27H2;1-16H,25-26H2. The first-order valence-corrected chi connectivity index (χ1v) is 20.3. The summed E-state index contributed by atoms with van der Waals surface area (Å²) in [5.41, 5.74) is 27.9. The molecule has 0 amide bonds. The van der Waals surface area contributed by atoms with Crippen LogP contribution in [0, 0.1) is 0 Å². The molecule has 8 aromatic carbocycles. The number of benzene rings is 8. The van der Waals surface area contributed by atoms with Gasteiger partial charge in [0.1, 0.15) is 46.0 Å². The van der Waals surface area contributed by atoms with E-state index in [2.05, 4.69) is 12.1 Å². The molecule has 8 aromatic rings. The largest absolute Gasteiger partial charge is 0.457 e. The highest BCUT2D eigenvalue weighted by Crippen LogP contribution is 2.30. The average Bonchev–Trinajstić information content (AvgIpc) is 3.24. The van der Waals surface area contributed by atoms with Crippen molar-refractivity contribution in [1.29, 1.82) is 0 Å². The predicted octanol–water partition coefficient (Wildman–Crippen LogP) is 11.3. The van der Waals surface area contributed by atoms with E-state index in [1.807, 2.05) is 84.9 Å². The van der Waals surface area contributed by atoms with Gasteiger partial charge in [-0.2, -0.15) is 0 Å². The zero-order valence-electron chi connectivity index (χ0n) is 32.3. The predicted molar refractivity (Wildman–Crippen MR) is 238 cm³/mol. The van der Waals surface area contributed by atoms with Crippen molar-refractivity contribution in [2.45, 2.75) is 16.2 Å². The lowest BCUT2D eigenvalue weighted by atomic mass is 10.0. The van der Waals surface area contributed by atoms with Crippen LogP contribution in [0.15, 0.2) is 204 Å². The second kappa shape index (κ2) is 18.6. The zero-order valence-corrected chi connectivity index (χ0v) is 33.2. The van der Waals surface area contributed by atoms with Crippen LogP contribution in [0.3, 0.4) is 0 Å². The first kappa shape index (κ1) is 40.3. The molecule has 11 heteroatoms. The second-order valence-corrected chi connectivity index (χ2v) is 15.6. The molecule has 0 unspecified atom stereocenters. The van der Waals surface area contributed by atoms with Crippen LogP contribution in [-0.4, -0.2) is 8.42 Å². The molecule has 0 bridgehead atoms. The number of hydrogen-bond acceptors (Lipinski definition) is 10. The fourth-order valence-corrected chi connectivity index (χ4v) is 7.22. The fourth-order valence-electron chi connectivity index (χ4n) is 5.96. The van der Waals surface area contributed by atoms with Crippen molar-refractivity contribution < 1.29 is 27.4 Å². The van der Waals surface area contributed by atoms with Crippen molar-refractivity contribution >= 4 is 32.6 Å². The summed E-state index contributed by atoms with van der Waals surface area (Å²) < 4.78 is 49.2. The maximum absolute atomic E-state index is 12.9. The van der Waals surface area contributed by atoms with Crippen molar-refractivity contribution in [1.82, 2.24) is 0 Å². The molecule has 10 nitrogen and oxygen atoms in total. The van der Waals surface area contributed by atoms with E-state index in [1.165, 1.54) is 24.3 Å². The first-order chi connectivity index (χ1) is 29.0. The van der Waals surface area contributed by atoms with E-state index in [-0.39, 0.29) is 9.79 Å². The number of ether oxygens (including phenoxy) is 4. The van der Waals surface area contributed by atoms with Crippen molar-refractivity contribution in [3.8, 4) is 46.0 Å². The van der Waals surface area contributed by atoms with Gasteiger partial charge in [0.2, 0.25) is 9.84 Å². The molecule has 8 N–H and O–H groups in total. The number of hydrogen-bond donors (Lipinski definition) is 4. The summed E-state index contributed by atoms with van der Waals surface area (Å²) in [6, 6.07) is 57.3. The molecular formula is C49H42N4O6S. The molecule has 0 spiro atoms. The summed E-state index contributed by atoms with van der Waals surface area (Å²) in [7, 11) is -3.67. The Morgan fingerprint density at radius 1 is 0.317 bits per heavy atom. The van der Waals surface area contributed by atoms with Gasteiger partial charge >= 0.3 is 0 Å². The van der Waals surface area contributed by atoms with E-state index in [0.717, 1.165) is 40.5 Å². The molecule has 300 valence electrons. The van der Waals surface area contributed by atoms with E-state index in [9.17, 15) is 8.42 Å². The Morgan fingerprint density at radius 2 is 0.617 bits per heavy atom. The van der Waals surface area contributed by atoms with Gasteiger partial charge in [-0.1, -0.05) is 36.4 Å². The number of anilines is 4. The highest BCUT2D eigenvalue weighted by molar-refractivity contribution is 7.91. The van der Waals surface area contributed by atoms with Gasteiger partial charge in [0.15, 0.2) is 0 Å². The Hall–Kier alpha value is -7.89. The third-order valence-electron chi connectivity index (χ3n) is 8.89. The third kappa shape index (κ3) is 11.2. The Balaban J connectivity index is 0.000000182. The molecular weight excluding hydrogens is 773 g/mol. The highest BCUT2D eigenvalue weighted by Gasteiger charge is 2.18. The maximum Gasteiger partial charge on any atom is 0.206 e. The molecule has 0 heterocycles. The van der Waals surface area contributed by atoms with Crippen LogP contribution in [-0.2, 0) is 16.3 Å². The van der Waals surface area contributed by atoms with Crippen LogP contribution >= 0.6 is 0 Å². The molecule has 0 aliphatic rings. The van der Waals surface area contributed by atoms with Gasteiger partial charge in [-0.05, 0) is 163 Å². The summed E-state index contributed by atoms with van der Waals surface area (Å²) in [6.45, 7) is 0. The third-order valence-corrected chi connectivity index (χ3v) is 10.7. The van der Waals surface area contributed by atoms with Crippen molar-refractivity contribution in [3.05, 3.63) is 205 Å². The number of rotatable bonds is 12. The van der Waals surface area contributed by atoms with E-state index >= 15 is 0 Å². The summed E-state index contributed by atoms with van der Waals surface area (Å²) in [5.74, 6) is 5.27. The Bertz CT molecular complexity index is 2590. The van der Waals surface area contributed by atoms with E-state index < -0.39 is 9.84 Å². The van der Waals surface area contributed by atoms with Crippen LogP contribution in [0.25, 0.3) is 0 Å². The lowest BCUT2D eigenvalue weighted by Crippen LogP contribution is -2.01. The summed E-state index contributed by atoms with van der Waals surface area (Å²) in [4.78, 5) is 0.341. The van der Waals surface area contributed by atoms with Crippen molar-refractivity contribution in [2.75, 3.05) is 22.9 Å². The summed E-state index contributed by atoms with van der Waals surface area (Å²) in [6.07, 6.45) is 0.766. The molecule has 0 atom stereocenters. The second-order valence-electron chi connectivity index (χ2n) is 13.6. The quantitative estimate of drug-likeness (QED) is 0.0869. The van der Waals surface area contributed by atoms with Crippen molar-refractivity contribution in [3.63, 3.8) is 0 Å². The maximum atomic E-state index is 12.9. The van der Waals surface area contributed by atoms with Crippen LogP contribution < -0.4 is 41.9 Å². The SMILES string of the molecule is Nc1ccc(Oc2ccc(S(=O)(=O)c3ccc(Oc4ccc(N)cc4)cc3)cc2)cc1.Nc1cccc(Oc2cccc(Cc3cccc(Oc4cccc(N)c4)c3)c2)c1. The van der Waals surface area contributed by atoms with Gasteiger partial charge in [0.25, 0.3) is 0 Å². The molecule has 0 aliphatic carbocycles. The number of nitrogen functional groups attached to an aromatic ring is 4. The Morgan fingerprint density at radius 3 is 0.967 bits per heavy atom. The molecule has 60 heavy (non-hydrogen) atoms. The monoisotopic (exact) mass is 814 g/mol. The smallest absolute Gasteiger partial charge is 0.206 e. The van der Waals surface area contributed by atoms with Gasteiger partial charge in [0, 0.05) is 34.9 Å². The van der Waals surface area contributed by atoms with Gasteiger partial charge in [-0.25, -0.2) is 8.42 Å².